The van der Waals surface area contributed by atoms with Crippen LogP contribution in [0.3, 0.4) is 0 Å². The van der Waals surface area contributed by atoms with Gasteiger partial charge in [0.2, 0.25) is 0 Å². The minimum absolute atomic E-state index is 0.0568. The van der Waals surface area contributed by atoms with Crippen molar-refractivity contribution < 1.29 is 18.7 Å². The summed E-state index contributed by atoms with van der Waals surface area (Å²) in [6.45, 7) is 3.70. The van der Waals surface area contributed by atoms with Gasteiger partial charge in [-0.05, 0) is 56.0 Å². The molecule has 1 heterocycles. The maximum absolute atomic E-state index is 15.1. The molecule has 0 atom stereocenters. The van der Waals surface area contributed by atoms with Gasteiger partial charge in [-0.3, -0.25) is 9.59 Å². The molecular weight excluding hydrogens is 452 g/mol. The molecule has 0 saturated carbocycles. The second kappa shape index (κ2) is 9.70. The van der Waals surface area contributed by atoms with E-state index >= 15 is 4.39 Å². The first kappa shape index (κ1) is 24.4. The number of aromatic nitrogens is 2. The molecule has 9 heteroatoms. The summed E-state index contributed by atoms with van der Waals surface area (Å²) in [5.41, 5.74) is -0.509. The Labute approximate surface area is 195 Å². The second-order valence-corrected chi connectivity index (χ2v) is 8.13. The molecule has 0 aliphatic rings. The van der Waals surface area contributed by atoms with Crippen LogP contribution in [-0.2, 0) is 19.9 Å². The quantitative estimate of drug-likeness (QED) is 0.577. The Morgan fingerprint density at radius 1 is 1.18 bits per heavy atom. The van der Waals surface area contributed by atoms with Crippen LogP contribution in [0.15, 0.2) is 35.1 Å². The lowest BCUT2D eigenvalue weighted by molar-refractivity contribution is 0.0797. The average Bonchev–Trinajstić information content (AvgIpc) is 2.79. The smallest absolute Gasteiger partial charge is 0.278 e. The molecule has 0 unspecified atom stereocenters. The molecule has 0 spiro atoms. The van der Waals surface area contributed by atoms with Crippen molar-refractivity contribution in [3.8, 4) is 16.9 Å². The van der Waals surface area contributed by atoms with E-state index in [1.54, 1.807) is 20.0 Å². The monoisotopic (exact) mass is 475 g/mol. The number of hydrogen-bond acceptors (Lipinski definition) is 4. The van der Waals surface area contributed by atoms with Gasteiger partial charge in [-0.1, -0.05) is 23.7 Å². The van der Waals surface area contributed by atoms with Crippen LogP contribution >= 0.6 is 11.6 Å². The first-order valence-corrected chi connectivity index (χ1v) is 10.7. The van der Waals surface area contributed by atoms with E-state index in [0.29, 0.717) is 6.54 Å². The fraction of sp³-hybridized carbons (Fsp3) is 0.292. The molecule has 33 heavy (non-hydrogen) atoms. The Hall–Kier alpha value is -3.26. The van der Waals surface area contributed by atoms with Crippen molar-refractivity contribution in [1.29, 1.82) is 0 Å². The number of carbonyl (C=O) groups excluding carboxylic acids is 1. The van der Waals surface area contributed by atoms with Crippen molar-refractivity contribution in [1.82, 2.24) is 14.7 Å². The lowest BCUT2D eigenvalue weighted by atomic mass is 9.93. The van der Waals surface area contributed by atoms with Gasteiger partial charge in [-0.15, -0.1) is 0 Å². The van der Waals surface area contributed by atoms with E-state index in [0.717, 1.165) is 10.7 Å². The molecule has 1 amide bonds. The summed E-state index contributed by atoms with van der Waals surface area (Å²) in [4.78, 5) is 26.6. The summed E-state index contributed by atoms with van der Waals surface area (Å²) in [6, 6.07) is 6.98. The van der Waals surface area contributed by atoms with Crippen LogP contribution in [0.4, 0.5) is 8.78 Å². The van der Waals surface area contributed by atoms with Crippen molar-refractivity contribution in [2.75, 3.05) is 13.6 Å². The highest BCUT2D eigenvalue weighted by Gasteiger charge is 2.24. The predicted molar refractivity (Wildman–Crippen MR) is 123 cm³/mol. The summed E-state index contributed by atoms with van der Waals surface area (Å²) in [5.74, 6) is -2.29. The Kier molecular flexibility index (Phi) is 7.17. The first-order chi connectivity index (χ1) is 15.6. The van der Waals surface area contributed by atoms with Crippen molar-refractivity contribution in [2.24, 2.45) is 7.05 Å². The Bertz CT molecular complexity index is 1290. The summed E-state index contributed by atoms with van der Waals surface area (Å²) < 4.78 is 31.1. The second-order valence-electron chi connectivity index (χ2n) is 7.72. The number of halogens is 3. The number of hydrogen-bond donors (Lipinski definition) is 1. The van der Waals surface area contributed by atoms with Gasteiger partial charge in [0.15, 0.2) is 5.75 Å². The van der Waals surface area contributed by atoms with Crippen LogP contribution in [0.2, 0.25) is 5.02 Å². The number of nitrogens with zero attached hydrogens (tertiary/aromatic N) is 3. The summed E-state index contributed by atoms with van der Waals surface area (Å²) in [7, 11) is 2.97. The van der Waals surface area contributed by atoms with E-state index in [1.807, 2.05) is 0 Å². The number of rotatable bonds is 6. The third-order valence-electron chi connectivity index (χ3n) is 5.62. The Balaban J connectivity index is 2.08. The van der Waals surface area contributed by atoms with E-state index in [2.05, 4.69) is 5.10 Å². The summed E-state index contributed by atoms with van der Waals surface area (Å²) in [5, 5.41) is 14.6. The Morgan fingerprint density at radius 2 is 1.88 bits per heavy atom. The number of aryl methyl sites for hydroxylation is 3. The maximum atomic E-state index is 15.1. The van der Waals surface area contributed by atoms with Crippen LogP contribution in [0.5, 0.6) is 5.75 Å². The van der Waals surface area contributed by atoms with Crippen LogP contribution in [0.1, 0.15) is 34.1 Å². The standard InChI is InChI=1S/C24H24ClF2N3O3/c1-5-29(3)23(32)16-8-6-7-14(21(16)27)9-10-15-17(25)11-12-18(26)19(15)20-22(31)13(2)28-30(4)24(20)33/h6-8,11-12,31H,5,9-10H2,1-4H3. The summed E-state index contributed by atoms with van der Waals surface area (Å²) >= 11 is 6.36. The van der Waals surface area contributed by atoms with Gasteiger partial charge in [0.1, 0.15) is 17.3 Å². The topological polar surface area (TPSA) is 75.4 Å². The molecule has 0 bridgehead atoms. The zero-order chi connectivity index (χ0) is 24.4. The van der Waals surface area contributed by atoms with Crippen LogP contribution in [-0.4, -0.2) is 39.3 Å². The van der Waals surface area contributed by atoms with E-state index in [4.69, 9.17) is 11.6 Å². The molecule has 1 aromatic heterocycles. The van der Waals surface area contributed by atoms with Crippen molar-refractivity contribution in [3.05, 3.63) is 79.7 Å². The zero-order valence-corrected chi connectivity index (χ0v) is 19.5. The molecule has 174 valence electrons. The molecular formula is C24H24ClF2N3O3. The molecule has 0 saturated heterocycles. The van der Waals surface area contributed by atoms with E-state index in [1.165, 1.54) is 37.1 Å². The molecule has 3 aromatic rings. The molecule has 0 radical (unpaired) electrons. The number of benzene rings is 2. The molecule has 6 nitrogen and oxygen atoms in total. The predicted octanol–water partition coefficient (Wildman–Crippen LogP) is 4.27. The van der Waals surface area contributed by atoms with Gasteiger partial charge in [0.05, 0.1) is 11.1 Å². The fourth-order valence-electron chi connectivity index (χ4n) is 3.64. The number of aromatic hydroxyl groups is 1. The lowest BCUT2D eigenvalue weighted by Gasteiger charge is -2.17. The summed E-state index contributed by atoms with van der Waals surface area (Å²) in [6.07, 6.45) is 0.151. The zero-order valence-electron chi connectivity index (χ0n) is 18.7. The van der Waals surface area contributed by atoms with Crippen LogP contribution in [0, 0.1) is 18.6 Å². The van der Waals surface area contributed by atoms with Crippen molar-refractivity contribution >= 4 is 17.5 Å². The van der Waals surface area contributed by atoms with Gasteiger partial charge in [-0.2, -0.15) is 5.10 Å². The van der Waals surface area contributed by atoms with E-state index in [-0.39, 0.29) is 51.4 Å². The highest BCUT2D eigenvalue weighted by molar-refractivity contribution is 6.31. The minimum atomic E-state index is -0.749. The van der Waals surface area contributed by atoms with Crippen LogP contribution < -0.4 is 5.56 Å². The molecule has 0 fully saturated rings. The number of carbonyl (C=O) groups is 1. The van der Waals surface area contributed by atoms with Crippen molar-refractivity contribution in [2.45, 2.75) is 26.7 Å². The van der Waals surface area contributed by atoms with Crippen molar-refractivity contribution in [3.63, 3.8) is 0 Å². The highest BCUT2D eigenvalue weighted by atomic mass is 35.5. The Morgan fingerprint density at radius 3 is 2.55 bits per heavy atom. The molecule has 1 N–H and O–H groups in total. The average molecular weight is 476 g/mol. The molecule has 3 rings (SSSR count). The number of amides is 1. The first-order valence-electron chi connectivity index (χ1n) is 10.3. The van der Waals surface area contributed by atoms with E-state index in [9.17, 15) is 19.1 Å². The third kappa shape index (κ3) is 4.61. The van der Waals surface area contributed by atoms with Gasteiger partial charge in [0, 0.05) is 31.2 Å². The van der Waals surface area contributed by atoms with E-state index < -0.39 is 28.9 Å². The van der Waals surface area contributed by atoms with Gasteiger partial charge < -0.3 is 10.0 Å². The molecule has 2 aromatic carbocycles. The maximum Gasteiger partial charge on any atom is 0.278 e. The molecule has 0 aliphatic carbocycles. The minimum Gasteiger partial charge on any atom is -0.505 e. The normalized spacial score (nSPS) is 11.0. The lowest BCUT2D eigenvalue weighted by Crippen LogP contribution is -2.27. The highest BCUT2D eigenvalue weighted by Crippen LogP contribution is 2.36. The third-order valence-corrected chi connectivity index (χ3v) is 5.97. The largest absolute Gasteiger partial charge is 0.505 e. The van der Waals surface area contributed by atoms with Gasteiger partial charge in [-0.25, -0.2) is 13.5 Å². The van der Waals surface area contributed by atoms with Gasteiger partial charge >= 0.3 is 0 Å². The van der Waals surface area contributed by atoms with Crippen LogP contribution in [0.25, 0.3) is 11.1 Å². The van der Waals surface area contributed by atoms with Gasteiger partial charge in [0.25, 0.3) is 11.5 Å². The fourth-order valence-corrected chi connectivity index (χ4v) is 3.89. The molecule has 0 aliphatic heterocycles. The SMILES string of the molecule is CCN(C)C(=O)c1cccc(CCc2c(Cl)ccc(F)c2-c2c(O)c(C)nn(C)c2=O)c1F.